The van der Waals surface area contributed by atoms with E-state index in [9.17, 15) is 0 Å². The van der Waals surface area contributed by atoms with Crippen molar-refractivity contribution in [3.8, 4) is 11.1 Å². The van der Waals surface area contributed by atoms with Gasteiger partial charge in [0.05, 0.1) is 0 Å². The van der Waals surface area contributed by atoms with Gasteiger partial charge in [0, 0.05) is 10.5 Å². The second kappa shape index (κ2) is 5.51. The molecule has 106 valence electrons. The molecule has 0 atom stereocenters. The molecule has 4 aromatic rings. The molecular formula is C21H16S. The minimum atomic E-state index is 1.29. The van der Waals surface area contributed by atoms with E-state index in [-0.39, 0.29) is 0 Å². The van der Waals surface area contributed by atoms with Crippen LogP contribution in [-0.2, 0) is 0 Å². The highest BCUT2D eigenvalue weighted by atomic mass is 32.2. The zero-order valence-corrected chi connectivity index (χ0v) is 13.2. The lowest BCUT2D eigenvalue weighted by molar-refractivity contribution is 1.54. The van der Waals surface area contributed by atoms with Crippen LogP contribution in [-0.4, -0.2) is 6.26 Å². The molecule has 22 heavy (non-hydrogen) atoms. The Labute approximate surface area is 134 Å². The van der Waals surface area contributed by atoms with Crippen LogP contribution in [0.25, 0.3) is 32.7 Å². The van der Waals surface area contributed by atoms with Crippen LogP contribution in [0.1, 0.15) is 0 Å². The highest BCUT2D eigenvalue weighted by Gasteiger charge is 2.14. The fraction of sp³-hybridized carbons (Fsp3) is 0.0476. The molecule has 0 heterocycles. The first-order valence-corrected chi connectivity index (χ1v) is 8.65. The number of hydrogen-bond acceptors (Lipinski definition) is 1. The molecule has 0 spiro atoms. The first-order valence-electron chi connectivity index (χ1n) is 7.43. The van der Waals surface area contributed by atoms with Gasteiger partial charge in [-0.3, -0.25) is 0 Å². The minimum Gasteiger partial charge on any atom is -0.128 e. The second-order valence-electron chi connectivity index (χ2n) is 5.37. The van der Waals surface area contributed by atoms with Crippen molar-refractivity contribution in [3.05, 3.63) is 78.9 Å². The predicted molar refractivity (Wildman–Crippen MR) is 98.7 cm³/mol. The van der Waals surface area contributed by atoms with Gasteiger partial charge in [0.1, 0.15) is 0 Å². The van der Waals surface area contributed by atoms with Gasteiger partial charge in [-0.25, -0.2) is 0 Å². The number of benzene rings is 4. The summed E-state index contributed by atoms with van der Waals surface area (Å²) in [4.78, 5) is 1.36. The van der Waals surface area contributed by atoms with Crippen LogP contribution in [0.5, 0.6) is 0 Å². The lowest BCUT2D eigenvalue weighted by atomic mass is 9.93. The molecule has 0 saturated heterocycles. The van der Waals surface area contributed by atoms with Crippen LogP contribution < -0.4 is 0 Å². The summed E-state index contributed by atoms with van der Waals surface area (Å²) in [5.41, 5.74) is 2.64. The van der Waals surface area contributed by atoms with Crippen molar-refractivity contribution in [2.45, 2.75) is 4.90 Å². The van der Waals surface area contributed by atoms with Crippen molar-refractivity contribution < 1.29 is 0 Å². The molecule has 4 aromatic carbocycles. The molecule has 0 N–H and O–H groups in total. The third-order valence-corrected chi connectivity index (χ3v) is 4.98. The van der Waals surface area contributed by atoms with Crippen LogP contribution in [0.15, 0.2) is 83.8 Å². The Hall–Kier alpha value is -2.25. The molecular weight excluding hydrogens is 284 g/mol. The smallest absolute Gasteiger partial charge is 0.0233 e. The van der Waals surface area contributed by atoms with Gasteiger partial charge in [0.25, 0.3) is 0 Å². The van der Waals surface area contributed by atoms with E-state index in [1.54, 1.807) is 0 Å². The van der Waals surface area contributed by atoms with E-state index in [1.807, 2.05) is 11.8 Å². The van der Waals surface area contributed by atoms with Crippen molar-refractivity contribution in [2.24, 2.45) is 0 Å². The fourth-order valence-corrected chi connectivity index (χ4v) is 4.04. The molecule has 0 aliphatic heterocycles. The lowest BCUT2D eigenvalue weighted by Crippen LogP contribution is -1.89. The molecule has 0 aliphatic carbocycles. The first kappa shape index (κ1) is 13.4. The Morgan fingerprint density at radius 2 is 1.05 bits per heavy atom. The molecule has 0 unspecified atom stereocenters. The van der Waals surface area contributed by atoms with E-state index in [2.05, 4.69) is 85.1 Å². The Kier molecular flexibility index (Phi) is 3.36. The average Bonchev–Trinajstić information content (AvgIpc) is 2.61. The van der Waals surface area contributed by atoms with E-state index < -0.39 is 0 Å². The maximum Gasteiger partial charge on any atom is 0.0233 e. The van der Waals surface area contributed by atoms with Gasteiger partial charge in [-0.15, -0.1) is 11.8 Å². The van der Waals surface area contributed by atoms with Crippen LogP contribution in [0, 0.1) is 0 Å². The summed E-state index contributed by atoms with van der Waals surface area (Å²) in [6.45, 7) is 0. The molecule has 0 bridgehead atoms. The number of fused-ring (bicyclic) bond motifs is 3. The molecule has 0 aromatic heterocycles. The monoisotopic (exact) mass is 300 g/mol. The van der Waals surface area contributed by atoms with Crippen LogP contribution in [0.4, 0.5) is 0 Å². The highest BCUT2D eigenvalue weighted by molar-refractivity contribution is 7.99. The van der Waals surface area contributed by atoms with Crippen molar-refractivity contribution >= 4 is 33.3 Å². The maximum absolute atomic E-state index is 2.24. The van der Waals surface area contributed by atoms with Crippen LogP contribution in [0.2, 0.25) is 0 Å². The zero-order valence-electron chi connectivity index (χ0n) is 12.4. The van der Waals surface area contributed by atoms with Gasteiger partial charge in [0.15, 0.2) is 0 Å². The van der Waals surface area contributed by atoms with Gasteiger partial charge in [0.2, 0.25) is 0 Å². The number of hydrogen-bond donors (Lipinski definition) is 0. The summed E-state index contributed by atoms with van der Waals surface area (Å²) in [5, 5.41) is 5.33. The lowest BCUT2D eigenvalue weighted by Gasteiger charge is -2.16. The summed E-state index contributed by atoms with van der Waals surface area (Å²) < 4.78 is 0. The zero-order chi connectivity index (χ0) is 14.9. The fourth-order valence-electron chi connectivity index (χ4n) is 3.21. The Balaban J connectivity index is 2.26. The highest BCUT2D eigenvalue weighted by Crippen LogP contribution is 2.42. The summed E-state index contributed by atoms with van der Waals surface area (Å²) in [5.74, 6) is 0. The van der Waals surface area contributed by atoms with E-state index >= 15 is 0 Å². The van der Waals surface area contributed by atoms with Crippen molar-refractivity contribution in [1.29, 1.82) is 0 Å². The van der Waals surface area contributed by atoms with E-state index in [4.69, 9.17) is 0 Å². The third kappa shape index (κ3) is 2.01. The van der Waals surface area contributed by atoms with Crippen LogP contribution >= 0.6 is 11.8 Å². The Morgan fingerprint density at radius 1 is 0.545 bits per heavy atom. The van der Waals surface area contributed by atoms with E-state index in [0.717, 1.165) is 0 Å². The average molecular weight is 300 g/mol. The molecule has 4 rings (SSSR count). The molecule has 0 aliphatic rings. The van der Waals surface area contributed by atoms with Gasteiger partial charge >= 0.3 is 0 Å². The molecule has 0 radical (unpaired) electrons. The second-order valence-corrected chi connectivity index (χ2v) is 6.18. The maximum atomic E-state index is 2.24. The minimum absolute atomic E-state index is 1.29. The van der Waals surface area contributed by atoms with Crippen LogP contribution in [0.3, 0.4) is 0 Å². The van der Waals surface area contributed by atoms with Crippen molar-refractivity contribution in [3.63, 3.8) is 0 Å². The van der Waals surface area contributed by atoms with E-state index in [0.29, 0.717) is 0 Å². The normalized spacial score (nSPS) is 11.1. The molecule has 0 saturated carbocycles. The summed E-state index contributed by atoms with van der Waals surface area (Å²) in [6.07, 6.45) is 2.17. The number of rotatable bonds is 2. The Morgan fingerprint density at radius 3 is 1.68 bits per heavy atom. The summed E-state index contributed by atoms with van der Waals surface area (Å²) in [6, 6.07) is 28.2. The molecule has 0 amide bonds. The van der Waals surface area contributed by atoms with Gasteiger partial charge in [-0.05, 0) is 33.4 Å². The summed E-state index contributed by atoms with van der Waals surface area (Å²) >= 11 is 1.83. The quantitative estimate of drug-likeness (QED) is 0.305. The van der Waals surface area contributed by atoms with Crippen molar-refractivity contribution in [2.75, 3.05) is 6.26 Å². The third-order valence-electron chi connectivity index (χ3n) is 4.15. The standard InChI is InChI=1S/C21H16S/c1-22-21-19-14-8-6-12-17(19)16-11-5-7-13-18(16)20(21)15-9-3-2-4-10-15/h2-14H,1H3. The number of thioether (sulfide) groups is 1. The van der Waals surface area contributed by atoms with E-state index in [1.165, 1.54) is 37.6 Å². The molecule has 1 heteroatoms. The topological polar surface area (TPSA) is 0 Å². The van der Waals surface area contributed by atoms with Crippen molar-refractivity contribution in [1.82, 2.24) is 0 Å². The SMILES string of the molecule is CSc1c(-c2ccccc2)c2ccccc2c2ccccc12. The van der Waals surface area contributed by atoms with Gasteiger partial charge < -0.3 is 0 Å². The predicted octanol–water partition coefficient (Wildman–Crippen LogP) is 6.38. The summed E-state index contributed by atoms with van der Waals surface area (Å²) in [7, 11) is 0. The first-order chi connectivity index (χ1) is 10.9. The Bertz CT molecular complexity index is 955. The van der Waals surface area contributed by atoms with Gasteiger partial charge in [-0.2, -0.15) is 0 Å². The molecule has 0 fully saturated rings. The molecule has 0 nitrogen and oxygen atoms in total. The largest absolute Gasteiger partial charge is 0.128 e. The van der Waals surface area contributed by atoms with Gasteiger partial charge in [-0.1, -0.05) is 78.9 Å².